The van der Waals surface area contributed by atoms with Gasteiger partial charge in [-0.15, -0.1) is 0 Å². The first-order valence-corrected chi connectivity index (χ1v) is 6.88. The normalized spacial score (nSPS) is 28.9. The highest BCUT2D eigenvalue weighted by Crippen LogP contribution is 2.24. The van der Waals surface area contributed by atoms with Crippen LogP contribution in [0.15, 0.2) is 0 Å². The van der Waals surface area contributed by atoms with Gasteiger partial charge in [-0.25, -0.2) is 0 Å². The summed E-state index contributed by atoms with van der Waals surface area (Å²) in [7, 11) is 0. The summed E-state index contributed by atoms with van der Waals surface area (Å²) in [5.74, 6) is -0.754. The fourth-order valence-electron chi connectivity index (χ4n) is 2.53. The molecule has 1 saturated carbocycles. The first-order chi connectivity index (χ1) is 8.55. The summed E-state index contributed by atoms with van der Waals surface area (Å²) in [5, 5.41) is 12.8. The monoisotopic (exact) mass is 256 g/mol. The molecule has 0 aromatic carbocycles. The van der Waals surface area contributed by atoms with Gasteiger partial charge in [0.05, 0.1) is 13.2 Å². The van der Waals surface area contributed by atoms with Crippen LogP contribution in [0.25, 0.3) is 0 Å². The molecule has 0 aromatic heterocycles. The summed E-state index contributed by atoms with van der Waals surface area (Å²) < 4.78 is 5.46. The first kappa shape index (κ1) is 13.8. The molecule has 1 saturated heterocycles. The Morgan fingerprint density at radius 3 is 2.83 bits per heavy atom. The van der Waals surface area contributed by atoms with E-state index in [0.29, 0.717) is 25.2 Å². The van der Waals surface area contributed by atoms with E-state index in [0.717, 1.165) is 32.4 Å². The van der Waals surface area contributed by atoms with Crippen LogP contribution in [-0.4, -0.2) is 59.9 Å². The van der Waals surface area contributed by atoms with E-state index in [1.54, 1.807) is 6.92 Å². The molecule has 2 aliphatic rings. The van der Waals surface area contributed by atoms with E-state index in [-0.39, 0.29) is 0 Å². The SMILES string of the molecule is CCC1COCCN1CC(C)(NC1CC1)C(=O)O. The number of hydrogen-bond acceptors (Lipinski definition) is 4. The van der Waals surface area contributed by atoms with Crippen molar-refractivity contribution < 1.29 is 14.6 Å². The Hall–Kier alpha value is -0.650. The number of nitrogens with zero attached hydrogens (tertiary/aromatic N) is 1. The summed E-state index contributed by atoms with van der Waals surface area (Å²) in [5.41, 5.74) is -0.841. The number of ether oxygens (including phenoxy) is 1. The molecule has 2 atom stereocenters. The van der Waals surface area contributed by atoms with Gasteiger partial charge in [-0.05, 0) is 26.2 Å². The van der Waals surface area contributed by atoms with E-state index >= 15 is 0 Å². The second-order valence-corrected chi connectivity index (χ2v) is 5.66. The van der Waals surface area contributed by atoms with Crippen molar-refractivity contribution >= 4 is 5.97 Å². The number of carboxylic acids is 1. The summed E-state index contributed by atoms with van der Waals surface area (Å²) in [6.45, 7) is 6.73. The fraction of sp³-hybridized carbons (Fsp3) is 0.923. The van der Waals surface area contributed by atoms with Crippen LogP contribution in [0, 0.1) is 0 Å². The zero-order valence-electron chi connectivity index (χ0n) is 11.3. The van der Waals surface area contributed by atoms with Crippen LogP contribution in [0.2, 0.25) is 0 Å². The number of nitrogens with one attached hydrogen (secondary N) is 1. The van der Waals surface area contributed by atoms with Gasteiger partial charge in [0.15, 0.2) is 0 Å². The maximum absolute atomic E-state index is 11.5. The molecule has 104 valence electrons. The highest BCUT2D eigenvalue weighted by Gasteiger charge is 2.41. The van der Waals surface area contributed by atoms with Gasteiger partial charge < -0.3 is 9.84 Å². The van der Waals surface area contributed by atoms with Crippen molar-refractivity contribution in [2.45, 2.75) is 50.7 Å². The maximum Gasteiger partial charge on any atom is 0.324 e. The minimum absolute atomic E-state index is 0.346. The van der Waals surface area contributed by atoms with Crippen LogP contribution in [0.3, 0.4) is 0 Å². The molecule has 0 spiro atoms. The zero-order chi connectivity index (χ0) is 13.2. The fourth-order valence-corrected chi connectivity index (χ4v) is 2.53. The molecule has 0 radical (unpaired) electrons. The number of rotatable bonds is 6. The predicted molar refractivity (Wildman–Crippen MR) is 68.7 cm³/mol. The van der Waals surface area contributed by atoms with Crippen molar-refractivity contribution in [1.29, 1.82) is 0 Å². The summed E-state index contributed by atoms with van der Waals surface area (Å²) in [4.78, 5) is 13.8. The molecule has 1 aliphatic carbocycles. The number of carbonyl (C=O) groups is 1. The third-order valence-electron chi connectivity index (χ3n) is 3.91. The van der Waals surface area contributed by atoms with Gasteiger partial charge in [-0.3, -0.25) is 15.0 Å². The van der Waals surface area contributed by atoms with Crippen LogP contribution in [0.4, 0.5) is 0 Å². The van der Waals surface area contributed by atoms with Crippen molar-refractivity contribution in [1.82, 2.24) is 10.2 Å². The lowest BCUT2D eigenvalue weighted by Gasteiger charge is -2.40. The van der Waals surface area contributed by atoms with Crippen LogP contribution >= 0.6 is 0 Å². The van der Waals surface area contributed by atoms with E-state index < -0.39 is 11.5 Å². The molecule has 0 aromatic rings. The predicted octanol–water partition coefficient (Wildman–Crippen LogP) is 0.693. The summed E-state index contributed by atoms with van der Waals surface area (Å²) in [6.07, 6.45) is 3.20. The molecule has 1 heterocycles. The molecular formula is C13H24N2O3. The third kappa shape index (κ3) is 3.22. The molecule has 1 aliphatic heterocycles. The number of aliphatic carboxylic acids is 1. The molecular weight excluding hydrogens is 232 g/mol. The Morgan fingerprint density at radius 2 is 2.28 bits per heavy atom. The molecule has 2 N–H and O–H groups in total. The van der Waals surface area contributed by atoms with Crippen molar-refractivity contribution in [3.63, 3.8) is 0 Å². The molecule has 2 fully saturated rings. The molecule has 2 unspecified atom stereocenters. The van der Waals surface area contributed by atoms with Crippen LogP contribution in [0.5, 0.6) is 0 Å². The van der Waals surface area contributed by atoms with E-state index in [4.69, 9.17) is 4.74 Å². The Balaban J connectivity index is 1.99. The minimum Gasteiger partial charge on any atom is -0.480 e. The average molecular weight is 256 g/mol. The molecule has 5 heteroatoms. The lowest BCUT2D eigenvalue weighted by Crippen LogP contribution is -2.61. The van der Waals surface area contributed by atoms with E-state index in [1.165, 1.54) is 0 Å². The Labute approximate surface area is 108 Å². The van der Waals surface area contributed by atoms with Gasteiger partial charge in [0, 0.05) is 25.2 Å². The number of carboxylic acid groups (broad SMARTS) is 1. The van der Waals surface area contributed by atoms with Crippen molar-refractivity contribution in [3.8, 4) is 0 Å². The van der Waals surface area contributed by atoms with Crippen LogP contribution in [0.1, 0.15) is 33.1 Å². The van der Waals surface area contributed by atoms with Crippen LogP contribution < -0.4 is 5.32 Å². The Bertz CT molecular complexity index is 307. The molecule has 0 amide bonds. The summed E-state index contributed by atoms with van der Waals surface area (Å²) in [6, 6.07) is 0.741. The second kappa shape index (κ2) is 5.55. The maximum atomic E-state index is 11.5. The van der Waals surface area contributed by atoms with E-state index in [2.05, 4.69) is 17.1 Å². The molecule has 18 heavy (non-hydrogen) atoms. The second-order valence-electron chi connectivity index (χ2n) is 5.66. The smallest absolute Gasteiger partial charge is 0.324 e. The van der Waals surface area contributed by atoms with Crippen molar-refractivity contribution in [2.75, 3.05) is 26.3 Å². The van der Waals surface area contributed by atoms with Crippen molar-refractivity contribution in [2.24, 2.45) is 0 Å². The zero-order valence-corrected chi connectivity index (χ0v) is 11.3. The van der Waals surface area contributed by atoms with E-state index in [1.807, 2.05) is 0 Å². The van der Waals surface area contributed by atoms with Crippen LogP contribution in [-0.2, 0) is 9.53 Å². The third-order valence-corrected chi connectivity index (χ3v) is 3.91. The highest BCUT2D eigenvalue weighted by atomic mass is 16.5. The van der Waals surface area contributed by atoms with Gasteiger partial charge in [0.2, 0.25) is 0 Å². The van der Waals surface area contributed by atoms with Gasteiger partial charge in [0.25, 0.3) is 0 Å². The largest absolute Gasteiger partial charge is 0.480 e. The van der Waals surface area contributed by atoms with Gasteiger partial charge in [0.1, 0.15) is 5.54 Å². The average Bonchev–Trinajstić information content (AvgIpc) is 3.13. The highest BCUT2D eigenvalue weighted by molar-refractivity contribution is 5.78. The molecule has 2 rings (SSSR count). The standard InChI is InChI=1S/C13H24N2O3/c1-3-11-8-18-7-6-15(11)9-13(2,12(16)17)14-10-4-5-10/h10-11,14H,3-9H2,1-2H3,(H,16,17). The van der Waals surface area contributed by atoms with Gasteiger partial charge >= 0.3 is 5.97 Å². The number of morpholine rings is 1. The van der Waals surface area contributed by atoms with Gasteiger partial charge in [-0.2, -0.15) is 0 Å². The first-order valence-electron chi connectivity index (χ1n) is 6.88. The minimum atomic E-state index is -0.841. The Kier molecular flexibility index (Phi) is 4.25. The van der Waals surface area contributed by atoms with Crippen molar-refractivity contribution in [3.05, 3.63) is 0 Å². The lowest BCUT2D eigenvalue weighted by molar-refractivity contribution is -0.146. The number of hydrogen-bond donors (Lipinski definition) is 2. The Morgan fingerprint density at radius 1 is 1.56 bits per heavy atom. The quantitative estimate of drug-likeness (QED) is 0.732. The lowest BCUT2D eigenvalue weighted by atomic mass is 9.99. The molecule has 5 nitrogen and oxygen atoms in total. The topological polar surface area (TPSA) is 61.8 Å². The van der Waals surface area contributed by atoms with E-state index in [9.17, 15) is 9.90 Å². The van der Waals surface area contributed by atoms with Gasteiger partial charge in [-0.1, -0.05) is 6.92 Å². The molecule has 0 bridgehead atoms. The summed E-state index contributed by atoms with van der Waals surface area (Å²) >= 11 is 0.